The summed E-state index contributed by atoms with van der Waals surface area (Å²) in [6, 6.07) is 0. The van der Waals surface area contributed by atoms with Crippen LogP contribution in [-0.2, 0) is 48.7 Å². The molecule has 248 valence electrons. The second-order valence-corrected chi connectivity index (χ2v) is 11.5. The summed E-state index contributed by atoms with van der Waals surface area (Å²) in [5, 5.41) is 11.0. The van der Waals surface area contributed by atoms with Crippen molar-refractivity contribution in [1.82, 2.24) is 18.7 Å². The van der Waals surface area contributed by atoms with Crippen molar-refractivity contribution in [2.75, 3.05) is 20.3 Å². The van der Waals surface area contributed by atoms with Gasteiger partial charge in [-0.05, 0) is 31.9 Å². The molecule has 3 N–H and O–H groups in total. The Balaban J connectivity index is 0.000000651. The van der Waals surface area contributed by atoms with Gasteiger partial charge in [0.05, 0.1) is 38.9 Å². The van der Waals surface area contributed by atoms with Gasteiger partial charge in [0, 0.05) is 25.6 Å². The molecule has 0 amide bonds. The van der Waals surface area contributed by atoms with E-state index >= 15 is 0 Å². The van der Waals surface area contributed by atoms with Crippen molar-refractivity contribution < 1.29 is 50.5 Å². The number of imidazole rings is 1. The summed E-state index contributed by atoms with van der Waals surface area (Å²) in [6.45, 7) is 4.25. The minimum absolute atomic E-state index is 0.0214. The lowest BCUT2D eigenvalue weighted by Crippen LogP contribution is -2.84. The number of fused-ring (bicyclic) bond motifs is 1. The maximum Gasteiger partial charge on any atom is 0.523 e. The van der Waals surface area contributed by atoms with Crippen LogP contribution in [-0.4, -0.2) is 76.3 Å². The van der Waals surface area contributed by atoms with E-state index in [1.165, 1.54) is 4.57 Å². The molecule has 44 heavy (non-hydrogen) atoms. The predicted molar refractivity (Wildman–Crippen MR) is 152 cm³/mol. The van der Waals surface area contributed by atoms with Gasteiger partial charge in [-0.1, -0.05) is 19.8 Å². The van der Waals surface area contributed by atoms with E-state index in [0.29, 0.717) is 30.4 Å². The molecular formula is C26H39F3N5O9S+. The van der Waals surface area contributed by atoms with Crippen molar-refractivity contribution in [3.05, 3.63) is 51.1 Å². The van der Waals surface area contributed by atoms with Gasteiger partial charge in [-0.3, -0.25) is 23.4 Å². The Bertz CT molecular complexity index is 1540. The quantitative estimate of drug-likeness (QED) is 0.0778. The summed E-state index contributed by atoms with van der Waals surface area (Å²) in [5.74, 6) is -0.525. The third-order valence-corrected chi connectivity index (χ3v) is 7.61. The molecule has 2 aromatic heterocycles. The van der Waals surface area contributed by atoms with Crippen LogP contribution >= 0.6 is 0 Å². The number of rotatable bonds is 13. The molecule has 1 fully saturated rings. The molecule has 1 aliphatic rings. The lowest BCUT2D eigenvalue weighted by Gasteiger charge is -2.10. The number of allylic oxidation sites excluding steroid dienone is 2. The first-order chi connectivity index (χ1) is 20.7. The number of aliphatic hydroxyl groups is 1. The summed E-state index contributed by atoms with van der Waals surface area (Å²) in [7, 11) is -3.31. The number of ether oxygens (including phenoxy) is 2. The predicted octanol–water partition coefficient (Wildman–Crippen LogP) is 0.633. The van der Waals surface area contributed by atoms with Gasteiger partial charge in [-0.15, -0.1) is 0 Å². The maximum atomic E-state index is 13.0. The minimum Gasteiger partial charge on any atom is -0.460 e. The fourth-order valence-corrected chi connectivity index (χ4v) is 4.31. The van der Waals surface area contributed by atoms with Gasteiger partial charge in [-0.25, -0.2) is 14.6 Å². The summed E-state index contributed by atoms with van der Waals surface area (Å²) in [6.07, 6.45) is 11.3. The second kappa shape index (κ2) is 16.7. The Morgan fingerprint density at radius 3 is 2.52 bits per heavy atom. The van der Waals surface area contributed by atoms with Crippen LogP contribution in [0.15, 0.2) is 39.8 Å². The number of halogens is 3. The van der Waals surface area contributed by atoms with Gasteiger partial charge >= 0.3 is 27.3 Å². The first-order valence-corrected chi connectivity index (χ1v) is 15.2. The van der Waals surface area contributed by atoms with Gasteiger partial charge in [0.25, 0.3) is 5.56 Å². The smallest absolute Gasteiger partial charge is 0.460 e. The Morgan fingerprint density at radius 1 is 1.25 bits per heavy atom. The summed E-state index contributed by atoms with van der Waals surface area (Å²) >= 11 is 0. The van der Waals surface area contributed by atoms with Crippen LogP contribution in [0.4, 0.5) is 13.2 Å². The highest BCUT2D eigenvalue weighted by atomic mass is 32.2. The van der Waals surface area contributed by atoms with E-state index < -0.39 is 32.8 Å². The third kappa shape index (κ3) is 9.85. The summed E-state index contributed by atoms with van der Waals surface area (Å²) < 4.78 is 71.0. The lowest BCUT2D eigenvalue weighted by molar-refractivity contribution is -0.667. The van der Waals surface area contributed by atoms with E-state index in [1.807, 2.05) is 5.32 Å². The third-order valence-electron chi connectivity index (χ3n) is 6.60. The van der Waals surface area contributed by atoms with Crippen molar-refractivity contribution in [2.24, 2.45) is 7.05 Å². The topological polar surface area (TPSA) is 178 Å². The second-order valence-electron chi connectivity index (χ2n) is 9.80. The molecule has 18 heteroatoms. The highest BCUT2D eigenvalue weighted by molar-refractivity contribution is 7.87. The zero-order valence-electron chi connectivity index (χ0n) is 24.9. The highest BCUT2D eigenvalue weighted by Crippen LogP contribution is 2.23. The van der Waals surface area contributed by atoms with E-state index in [0.717, 1.165) is 36.7 Å². The number of quaternary nitrogens is 1. The van der Waals surface area contributed by atoms with Crippen molar-refractivity contribution in [3.8, 4) is 0 Å². The monoisotopic (exact) mass is 654 g/mol. The first kappa shape index (κ1) is 36.9. The average Bonchev–Trinajstić information content (AvgIpc) is 3.63. The van der Waals surface area contributed by atoms with E-state index in [9.17, 15) is 36.0 Å². The zero-order chi connectivity index (χ0) is 33.1. The van der Waals surface area contributed by atoms with Crippen LogP contribution in [0.25, 0.3) is 11.2 Å². The van der Waals surface area contributed by atoms with Crippen LogP contribution in [0.5, 0.6) is 0 Å². The van der Waals surface area contributed by atoms with Gasteiger partial charge in [0.1, 0.15) is 6.61 Å². The average molecular weight is 655 g/mol. The van der Waals surface area contributed by atoms with Gasteiger partial charge in [-0.2, -0.15) is 21.6 Å². The molecule has 0 radical (unpaired) electrons. The minimum atomic E-state index is -5.34. The summed E-state index contributed by atoms with van der Waals surface area (Å²) in [4.78, 5) is 42.3. The van der Waals surface area contributed by atoms with Crippen molar-refractivity contribution in [3.63, 3.8) is 0 Å². The number of alkyl halides is 3. The van der Waals surface area contributed by atoms with Crippen LogP contribution < -0.4 is 16.6 Å². The molecule has 3 heterocycles. The van der Waals surface area contributed by atoms with Gasteiger partial charge in [0.2, 0.25) is 0 Å². The van der Waals surface area contributed by atoms with Crippen molar-refractivity contribution >= 4 is 27.3 Å². The Morgan fingerprint density at radius 2 is 1.95 bits per heavy atom. The fraction of sp³-hybridized carbons (Fsp3) is 0.615. The number of aryl methyl sites for hydroxylation is 2. The Kier molecular flexibility index (Phi) is 14.0. The molecule has 2 unspecified atom stereocenters. The number of carbonyl (C=O) groups excluding carboxylic acids is 1. The number of unbranched alkanes of at least 4 members (excludes halogenated alkanes) is 2. The SMILES string of the molecule is CCCCCn1cnc2c1c(=O)n(CCOC(=O)/C(C)=C/C=C\[NH2+]C1CCC(CO)O1)c(=O)n2C.COS(=O)(=O)C(F)(F)F. The van der Waals surface area contributed by atoms with Crippen molar-refractivity contribution in [1.29, 1.82) is 0 Å². The molecular weight excluding hydrogens is 615 g/mol. The molecule has 1 aliphatic heterocycles. The van der Waals surface area contributed by atoms with Crippen LogP contribution in [0, 0.1) is 0 Å². The molecule has 0 aliphatic carbocycles. The lowest BCUT2D eigenvalue weighted by atomic mass is 10.2. The molecule has 0 aromatic carbocycles. The zero-order valence-corrected chi connectivity index (χ0v) is 25.8. The molecule has 14 nitrogen and oxygen atoms in total. The molecule has 2 aromatic rings. The molecule has 0 saturated carbocycles. The standard InChI is InChI=1S/C24H35N5O6.C2H3F3O3S/c1-4-5-6-12-28-16-26-21-20(28)22(31)29(24(33)27(21)3)13-14-34-23(32)17(2)8-7-11-25-19-10-9-18(15-30)35-19;1-8-9(6,7)2(3,4)5/h7-8,11,16,18-19,25,30H,4-6,9-10,12-15H2,1-3H3;1H3/p+1/b11-7-,17-8+;. The fourth-order valence-electron chi connectivity index (χ4n) is 4.12. The normalized spacial score (nSPS) is 17.7. The molecule has 3 rings (SSSR count). The molecule has 0 spiro atoms. The molecule has 2 atom stereocenters. The first-order valence-electron chi connectivity index (χ1n) is 13.8. The Labute approximate surface area is 251 Å². The van der Waals surface area contributed by atoms with E-state index in [4.69, 9.17) is 14.6 Å². The molecule has 1 saturated heterocycles. The molecule has 0 bridgehead atoms. The van der Waals surface area contributed by atoms with Crippen LogP contribution in [0.3, 0.4) is 0 Å². The number of nitrogens with zero attached hydrogens (tertiary/aromatic N) is 4. The number of carbonyl (C=O) groups is 1. The number of hydrogen-bond donors (Lipinski definition) is 2. The van der Waals surface area contributed by atoms with E-state index in [-0.39, 0.29) is 32.1 Å². The number of nitrogens with two attached hydrogens (primary N) is 1. The maximum absolute atomic E-state index is 13.0. The van der Waals surface area contributed by atoms with Gasteiger partial charge in [0.15, 0.2) is 17.4 Å². The summed E-state index contributed by atoms with van der Waals surface area (Å²) in [5.41, 5.74) is -5.12. The van der Waals surface area contributed by atoms with Crippen molar-refractivity contribution in [2.45, 2.75) is 76.9 Å². The number of aromatic nitrogens is 4. The Hall–Kier alpha value is -3.32. The van der Waals surface area contributed by atoms with Crippen LogP contribution in [0.2, 0.25) is 0 Å². The number of esters is 1. The highest BCUT2D eigenvalue weighted by Gasteiger charge is 2.46. The largest absolute Gasteiger partial charge is 0.523 e. The van der Waals surface area contributed by atoms with E-state index in [2.05, 4.69) is 16.1 Å². The van der Waals surface area contributed by atoms with Crippen LogP contribution in [0.1, 0.15) is 46.0 Å². The van der Waals surface area contributed by atoms with E-state index in [1.54, 1.807) is 43.2 Å². The number of aliphatic hydroxyl groups excluding tert-OH is 1. The van der Waals surface area contributed by atoms with Gasteiger partial charge < -0.3 is 19.1 Å². The number of hydrogen-bond acceptors (Lipinski definition) is 10.